The first-order valence-corrected chi connectivity index (χ1v) is 7.97. The van der Waals surface area contributed by atoms with Gasteiger partial charge in [0.25, 0.3) is 0 Å². The third-order valence-corrected chi connectivity index (χ3v) is 4.23. The van der Waals surface area contributed by atoms with Gasteiger partial charge in [-0.1, -0.05) is 39.0 Å². The molecule has 0 atom stereocenters. The van der Waals surface area contributed by atoms with Gasteiger partial charge >= 0.3 is 0 Å². The Hall–Kier alpha value is -2.49. The number of para-hydroxylation sites is 1. The summed E-state index contributed by atoms with van der Waals surface area (Å²) in [6.45, 7) is 8.06. The Labute approximate surface area is 136 Å². The predicted octanol–water partition coefficient (Wildman–Crippen LogP) is 3.84. The molecule has 1 aliphatic rings. The van der Waals surface area contributed by atoms with Crippen LogP contribution in [0.25, 0.3) is 10.9 Å². The minimum atomic E-state index is -0.0242. The third kappa shape index (κ3) is 2.54. The summed E-state index contributed by atoms with van der Waals surface area (Å²) in [5.41, 5.74) is 3.33. The van der Waals surface area contributed by atoms with E-state index < -0.39 is 0 Å². The second kappa shape index (κ2) is 5.01. The molecule has 0 radical (unpaired) electrons. The van der Waals surface area contributed by atoms with Crippen molar-refractivity contribution in [1.82, 2.24) is 15.0 Å². The van der Waals surface area contributed by atoms with Gasteiger partial charge in [-0.05, 0) is 18.2 Å². The molecule has 1 aromatic carbocycles. The zero-order valence-electron chi connectivity index (χ0n) is 13.7. The Morgan fingerprint density at radius 1 is 0.957 bits per heavy atom. The van der Waals surface area contributed by atoms with Crippen LogP contribution in [0.3, 0.4) is 0 Å². The number of fused-ring (bicyclic) bond motifs is 2. The maximum atomic E-state index is 4.79. The van der Waals surface area contributed by atoms with Crippen molar-refractivity contribution in [3.63, 3.8) is 0 Å². The summed E-state index contributed by atoms with van der Waals surface area (Å²) in [6, 6.07) is 12.4. The van der Waals surface area contributed by atoms with Crippen molar-refractivity contribution in [3.05, 3.63) is 59.7 Å². The van der Waals surface area contributed by atoms with Crippen LogP contribution in [-0.4, -0.2) is 15.0 Å². The molecule has 3 aromatic rings. The first-order chi connectivity index (χ1) is 11.0. The Morgan fingerprint density at radius 3 is 2.61 bits per heavy atom. The van der Waals surface area contributed by atoms with Gasteiger partial charge in [-0.15, -0.1) is 0 Å². The first-order valence-electron chi connectivity index (χ1n) is 7.97. The molecule has 116 valence electrons. The van der Waals surface area contributed by atoms with Crippen LogP contribution in [0.15, 0.2) is 42.6 Å². The van der Waals surface area contributed by atoms with Crippen LogP contribution >= 0.6 is 0 Å². The van der Waals surface area contributed by atoms with Crippen molar-refractivity contribution >= 4 is 16.7 Å². The lowest BCUT2D eigenvalue weighted by molar-refractivity contribution is 0.541. The summed E-state index contributed by atoms with van der Waals surface area (Å²) < 4.78 is 0. The summed E-state index contributed by atoms with van der Waals surface area (Å²) in [6.07, 6.45) is 1.98. The Kier molecular flexibility index (Phi) is 3.08. The van der Waals surface area contributed by atoms with Gasteiger partial charge < -0.3 is 4.90 Å². The van der Waals surface area contributed by atoms with Gasteiger partial charge in [0.15, 0.2) is 0 Å². The van der Waals surface area contributed by atoms with E-state index in [1.165, 1.54) is 10.9 Å². The highest BCUT2D eigenvalue weighted by Gasteiger charge is 2.25. The summed E-state index contributed by atoms with van der Waals surface area (Å²) >= 11 is 0. The quantitative estimate of drug-likeness (QED) is 0.685. The average molecular weight is 304 g/mol. The lowest BCUT2D eigenvalue weighted by Crippen LogP contribution is -2.17. The molecule has 4 nitrogen and oxygen atoms in total. The number of hydrogen-bond acceptors (Lipinski definition) is 4. The van der Waals surface area contributed by atoms with Crippen LogP contribution in [0.1, 0.15) is 37.9 Å². The van der Waals surface area contributed by atoms with E-state index >= 15 is 0 Å². The molecule has 0 aliphatic carbocycles. The number of hydrogen-bond donors (Lipinski definition) is 0. The van der Waals surface area contributed by atoms with E-state index in [-0.39, 0.29) is 5.41 Å². The number of nitrogens with zero attached hydrogens (tertiary/aromatic N) is 4. The fraction of sp³-hybridized carbons (Fsp3) is 0.316. The number of aromatic nitrogens is 3. The van der Waals surface area contributed by atoms with Crippen molar-refractivity contribution in [2.45, 2.75) is 39.3 Å². The van der Waals surface area contributed by atoms with E-state index in [0.29, 0.717) is 0 Å². The summed E-state index contributed by atoms with van der Waals surface area (Å²) in [5.74, 6) is 1.91. The van der Waals surface area contributed by atoms with Crippen molar-refractivity contribution < 1.29 is 0 Å². The topological polar surface area (TPSA) is 41.9 Å². The molecule has 2 aromatic heterocycles. The standard InChI is InChI=1S/C19H20N4/c1-19(2,3)18-20-10-14-11-23(12-16(14)22-18)17-9-8-13-6-4-5-7-15(13)21-17/h4-10H,11-12H2,1-3H3. The van der Waals surface area contributed by atoms with Gasteiger partial charge in [-0.25, -0.2) is 15.0 Å². The molecule has 3 heterocycles. The second-order valence-electron chi connectivity index (χ2n) is 7.13. The molecular formula is C19H20N4. The number of benzene rings is 1. The van der Waals surface area contributed by atoms with E-state index in [0.717, 1.165) is 35.9 Å². The zero-order valence-corrected chi connectivity index (χ0v) is 13.7. The maximum Gasteiger partial charge on any atom is 0.133 e. The number of pyridine rings is 1. The summed E-state index contributed by atoms with van der Waals surface area (Å²) in [4.78, 5) is 16.4. The number of rotatable bonds is 1. The van der Waals surface area contributed by atoms with Gasteiger partial charge in [-0.2, -0.15) is 0 Å². The third-order valence-electron chi connectivity index (χ3n) is 4.23. The van der Waals surface area contributed by atoms with Crippen molar-refractivity contribution in [1.29, 1.82) is 0 Å². The molecule has 0 saturated carbocycles. The van der Waals surface area contributed by atoms with E-state index in [1.807, 2.05) is 18.3 Å². The van der Waals surface area contributed by atoms with Gasteiger partial charge in [0.1, 0.15) is 11.6 Å². The predicted molar refractivity (Wildman–Crippen MR) is 92.4 cm³/mol. The van der Waals surface area contributed by atoms with E-state index in [9.17, 15) is 0 Å². The molecule has 1 aliphatic heterocycles. The molecule has 0 unspecified atom stereocenters. The largest absolute Gasteiger partial charge is 0.346 e. The minimum Gasteiger partial charge on any atom is -0.346 e. The van der Waals surface area contributed by atoms with Crippen LogP contribution in [0.5, 0.6) is 0 Å². The van der Waals surface area contributed by atoms with Crippen LogP contribution in [-0.2, 0) is 18.5 Å². The van der Waals surface area contributed by atoms with E-state index in [1.54, 1.807) is 0 Å². The van der Waals surface area contributed by atoms with Crippen LogP contribution < -0.4 is 4.90 Å². The molecule has 4 heteroatoms. The lowest BCUT2D eigenvalue weighted by atomic mass is 9.95. The second-order valence-corrected chi connectivity index (χ2v) is 7.13. The van der Waals surface area contributed by atoms with E-state index in [2.05, 4.69) is 54.9 Å². The van der Waals surface area contributed by atoms with Crippen molar-refractivity contribution in [2.24, 2.45) is 0 Å². The fourth-order valence-electron chi connectivity index (χ4n) is 2.91. The van der Waals surface area contributed by atoms with Gasteiger partial charge in [-0.3, -0.25) is 0 Å². The van der Waals surface area contributed by atoms with Crippen molar-refractivity contribution in [2.75, 3.05) is 4.90 Å². The molecule has 0 fully saturated rings. The first kappa shape index (κ1) is 14.1. The lowest BCUT2D eigenvalue weighted by Gasteiger charge is -2.17. The molecule has 23 heavy (non-hydrogen) atoms. The zero-order chi connectivity index (χ0) is 16.0. The fourth-order valence-corrected chi connectivity index (χ4v) is 2.91. The summed E-state index contributed by atoms with van der Waals surface area (Å²) in [7, 11) is 0. The van der Waals surface area contributed by atoms with Crippen molar-refractivity contribution in [3.8, 4) is 0 Å². The highest BCUT2D eigenvalue weighted by Crippen LogP contribution is 2.28. The summed E-state index contributed by atoms with van der Waals surface area (Å²) in [5, 5.41) is 1.17. The Balaban J connectivity index is 1.66. The number of anilines is 1. The molecule has 0 saturated heterocycles. The van der Waals surface area contributed by atoms with Gasteiger partial charge in [0, 0.05) is 29.1 Å². The monoisotopic (exact) mass is 304 g/mol. The van der Waals surface area contributed by atoms with Crippen LogP contribution in [0.4, 0.5) is 5.82 Å². The molecule has 4 rings (SSSR count). The molecular weight excluding hydrogens is 284 g/mol. The Bertz CT molecular complexity index is 880. The normalized spacial score (nSPS) is 14.3. The highest BCUT2D eigenvalue weighted by atomic mass is 15.2. The molecule has 0 amide bonds. The van der Waals surface area contributed by atoms with Gasteiger partial charge in [0.05, 0.1) is 17.8 Å². The minimum absolute atomic E-state index is 0.0242. The molecule has 0 spiro atoms. The van der Waals surface area contributed by atoms with Crippen LogP contribution in [0, 0.1) is 0 Å². The maximum absolute atomic E-state index is 4.79. The Morgan fingerprint density at radius 2 is 1.78 bits per heavy atom. The highest BCUT2D eigenvalue weighted by molar-refractivity contribution is 5.80. The van der Waals surface area contributed by atoms with Crippen LogP contribution in [0.2, 0.25) is 0 Å². The molecule has 0 N–H and O–H groups in total. The smallest absolute Gasteiger partial charge is 0.133 e. The van der Waals surface area contributed by atoms with Gasteiger partial charge in [0.2, 0.25) is 0 Å². The average Bonchev–Trinajstić information content (AvgIpc) is 2.96. The SMILES string of the molecule is CC(C)(C)c1ncc2c(n1)CN(c1ccc3ccccc3n1)C2. The molecule has 0 bridgehead atoms. The van der Waals surface area contributed by atoms with E-state index in [4.69, 9.17) is 9.97 Å².